The second-order valence-corrected chi connectivity index (χ2v) is 5.08. The van der Waals surface area contributed by atoms with Crippen LogP contribution in [-0.2, 0) is 0 Å². The third-order valence-corrected chi connectivity index (χ3v) is 4.10. The van der Waals surface area contributed by atoms with Gasteiger partial charge >= 0.3 is 0 Å². The molecule has 0 spiro atoms. The number of nitrogens with zero attached hydrogens (tertiary/aromatic N) is 2. The molecule has 2 aromatic carbocycles. The van der Waals surface area contributed by atoms with Gasteiger partial charge in [0.25, 0.3) is 0 Å². The molecule has 0 aliphatic heterocycles. The minimum absolute atomic E-state index is 1.07. The molecule has 2 aromatic heterocycles. The molecule has 0 saturated carbocycles. The molecule has 3 heteroatoms. The molecule has 0 N–H and O–H groups in total. The molecular weight excluding hydrogens is 228 g/mol. The summed E-state index contributed by atoms with van der Waals surface area (Å²) in [5, 5.41) is 3.79. The van der Waals surface area contributed by atoms with Gasteiger partial charge in [0.15, 0.2) is 0 Å². The first kappa shape index (κ1) is 9.07. The van der Waals surface area contributed by atoms with Crippen LogP contribution < -0.4 is 0 Å². The van der Waals surface area contributed by atoms with Crippen LogP contribution in [-0.4, -0.2) is 9.97 Å². The van der Waals surface area contributed by atoms with Gasteiger partial charge in [0.2, 0.25) is 0 Å². The summed E-state index contributed by atoms with van der Waals surface area (Å²) in [6, 6.07) is 12.8. The van der Waals surface area contributed by atoms with E-state index in [4.69, 9.17) is 0 Å². The van der Waals surface area contributed by atoms with Crippen LogP contribution in [0.2, 0.25) is 0 Å². The summed E-state index contributed by atoms with van der Waals surface area (Å²) in [5.74, 6) is 0. The maximum absolute atomic E-state index is 4.42. The van der Waals surface area contributed by atoms with Crippen LogP contribution in [0.15, 0.2) is 48.9 Å². The van der Waals surface area contributed by atoms with Gasteiger partial charge < -0.3 is 0 Å². The minimum Gasteiger partial charge on any atom is -0.243 e. The van der Waals surface area contributed by atoms with Crippen molar-refractivity contribution in [1.82, 2.24) is 9.97 Å². The van der Waals surface area contributed by atoms with E-state index in [0.717, 1.165) is 10.2 Å². The Hall–Kier alpha value is -2.00. The van der Waals surface area contributed by atoms with Crippen molar-refractivity contribution in [2.45, 2.75) is 0 Å². The fourth-order valence-electron chi connectivity index (χ4n) is 2.28. The van der Waals surface area contributed by atoms with Crippen LogP contribution in [0.4, 0.5) is 0 Å². The van der Waals surface area contributed by atoms with Crippen molar-refractivity contribution in [2.75, 3.05) is 0 Å². The van der Waals surface area contributed by atoms with E-state index in [1.165, 1.54) is 20.9 Å². The normalized spacial score (nSPS) is 11.5. The van der Waals surface area contributed by atoms with Gasteiger partial charge in [-0.25, -0.2) is 9.97 Å². The van der Waals surface area contributed by atoms with Crippen molar-refractivity contribution >= 4 is 42.4 Å². The van der Waals surface area contributed by atoms with Crippen molar-refractivity contribution in [3.05, 3.63) is 48.9 Å². The predicted molar refractivity (Wildman–Crippen MR) is 72.4 cm³/mol. The first-order valence-electron chi connectivity index (χ1n) is 5.43. The van der Waals surface area contributed by atoms with E-state index in [2.05, 4.69) is 46.4 Å². The number of hydrogen-bond acceptors (Lipinski definition) is 3. The topological polar surface area (TPSA) is 25.8 Å². The molecule has 17 heavy (non-hydrogen) atoms. The van der Waals surface area contributed by atoms with Crippen molar-refractivity contribution < 1.29 is 0 Å². The average Bonchev–Trinajstić information content (AvgIpc) is 2.77. The number of hydrogen-bond donors (Lipinski definition) is 0. The molecule has 0 unspecified atom stereocenters. The molecule has 80 valence electrons. The fourth-order valence-corrected chi connectivity index (χ4v) is 3.33. The SMILES string of the molecule is c1ccc2c(c1)ccc1sc3cncnc3c12. The van der Waals surface area contributed by atoms with Gasteiger partial charge in [-0.3, -0.25) is 0 Å². The van der Waals surface area contributed by atoms with E-state index in [-0.39, 0.29) is 0 Å². The fraction of sp³-hybridized carbons (Fsp3) is 0. The number of thiophene rings is 1. The zero-order valence-corrected chi connectivity index (χ0v) is 9.74. The van der Waals surface area contributed by atoms with Crippen LogP contribution in [0, 0.1) is 0 Å². The Morgan fingerprint density at radius 2 is 1.88 bits per heavy atom. The van der Waals surface area contributed by atoms with Gasteiger partial charge in [-0.1, -0.05) is 30.3 Å². The number of benzene rings is 2. The molecule has 0 radical (unpaired) electrons. The van der Waals surface area contributed by atoms with E-state index >= 15 is 0 Å². The van der Waals surface area contributed by atoms with E-state index in [1.54, 1.807) is 17.7 Å². The second kappa shape index (κ2) is 3.25. The minimum atomic E-state index is 1.07. The first-order chi connectivity index (χ1) is 8.43. The maximum Gasteiger partial charge on any atom is 0.116 e. The third kappa shape index (κ3) is 1.20. The van der Waals surface area contributed by atoms with E-state index in [1.807, 2.05) is 6.20 Å². The van der Waals surface area contributed by atoms with Crippen molar-refractivity contribution in [3.63, 3.8) is 0 Å². The van der Waals surface area contributed by atoms with Gasteiger partial charge in [0.1, 0.15) is 6.33 Å². The molecule has 0 aliphatic rings. The lowest BCUT2D eigenvalue weighted by molar-refractivity contribution is 1.23. The lowest BCUT2D eigenvalue weighted by Crippen LogP contribution is -1.77. The Bertz CT molecular complexity index is 842. The van der Waals surface area contributed by atoms with Crippen LogP contribution in [0.3, 0.4) is 0 Å². The third-order valence-electron chi connectivity index (χ3n) is 3.03. The van der Waals surface area contributed by atoms with Crippen molar-refractivity contribution in [2.24, 2.45) is 0 Å². The summed E-state index contributed by atoms with van der Waals surface area (Å²) in [6.45, 7) is 0. The molecule has 2 nitrogen and oxygen atoms in total. The zero-order valence-electron chi connectivity index (χ0n) is 8.92. The molecule has 0 atom stereocenters. The second-order valence-electron chi connectivity index (χ2n) is 4.00. The van der Waals surface area contributed by atoms with Gasteiger partial charge in [0, 0.05) is 16.3 Å². The summed E-state index contributed by atoms with van der Waals surface area (Å²) < 4.78 is 2.43. The highest BCUT2D eigenvalue weighted by Crippen LogP contribution is 2.36. The molecule has 0 amide bonds. The molecule has 0 fully saturated rings. The van der Waals surface area contributed by atoms with Crippen LogP contribution in [0.25, 0.3) is 31.1 Å². The van der Waals surface area contributed by atoms with Gasteiger partial charge in [-0.05, 0) is 16.8 Å². The quantitative estimate of drug-likeness (QED) is 0.461. The summed E-state index contributed by atoms with van der Waals surface area (Å²) in [7, 11) is 0. The zero-order chi connectivity index (χ0) is 11.2. The van der Waals surface area contributed by atoms with Gasteiger partial charge in [-0.2, -0.15) is 0 Å². The number of rotatable bonds is 0. The van der Waals surface area contributed by atoms with E-state index in [0.29, 0.717) is 0 Å². The monoisotopic (exact) mass is 236 g/mol. The Kier molecular flexibility index (Phi) is 1.73. The summed E-state index contributed by atoms with van der Waals surface area (Å²) in [6.07, 6.45) is 3.51. The molecule has 2 heterocycles. The Morgan fingerprint density at radius 3 is 2.88 bits per heavy atom. The highest BCUT2D eigenvalue weighted by Gasteiger charge is 2.08. The smallest absolute Gasteiger partial charge is 0.116 e. The summed E-state index contributed by atoms with van der Waals surface area (Å²) >= 11 is 1.75. The average molecular weight is 236 g/mol. The molecule has 0 aliphatic carbocycles. The molecule has 0 saturated heterocycles. The number of aromatic nitrogens is 2. The predicted octanol–water partition coefficient (Wildman–Crippen LogP) is 4.00. The molecular formula is C14H8N2S. The van der Waals surface area contributed by atoms with E-state index in [9.17, 15) is 0 Å². The lowest BCUT2D eigenvalue weighted by Gasteiger charge is -1.98. The highest BCUT2D eigenvalue weighted by molar-refractivity contribution is 7.25. The molecule has 4 aromatic rings. The summed E-state index contributed by atoms with van der Waals surface area (Å²) in [4.78, 5) is 8.51. The first-order valence-corrected chi connectivity index (χ1v) is 6.25. The Balaban J connectivity index is 2.38. The van der Waals surface area contributed by atoms with Gasteiger partial charge in [0.05, 0.1) is 10.2 Å². The van der Waals surface area contributed by atoms with Gasteiger partial charge in [-0.15, -0.1) is 11.3 Å². The standard InChI is InChI=1S/C14H8N2S/c1-2-4-10-9(3-1)5-6-11-13(10)14-12(17-11)7-15-8-16-14/h1-8H. The highest BCUT2D eigenvalue weighted by atomic mass is 32.1. The Morgan fingerprint density at radius 1 is 0.941 bits per heavy atom. The largest absolute Gasteiger partial charge is 0.243 e. The van der Waals surface area contributed by atoms with Crippen LogP contribution >= 0.6 is 11.3 Å². The van der Waals surface area contributed by atoms with Crippen LogP contribution in [0.1, 0.15) is 0 Å². The number of fused-ring (bicyclic) bond motifs is 5. The van der Waals surface area contributed by atoms with E-state index < -0.39 is 0 Å². The molecule has 0 bridgehead atoms. The van der Waals surface area contributed by atoms with Crippen molar-refractivity contribution in [3.8, 4) is 0 Å². The van der Waals surface area contributed by atoms with Crippen molar-refractivity contribution in [1.29, 1.82) is 0 Å². The Labute approximate surface area is 102 Å². The van der Waals surface area contributed by atoms with Crippen LogP contribution in [0.5, 0.6) is 0 Å². The lowest BCUT2D eigenvalue weighted by atomic mass is 10.1. The maximum atomic E-state index is 4.42. The molecule has 4 rings (SSSR count). The summed E-state index contributed by atoms with van der Waals surface area (Å²) in [5.41, 5.74) is 1.07.